The molecule has 0 bridgehead atoms. The van der Waals surface area contributed by atoms with E-state index in [0.717, 1.165) is 0 Å². The van der Waals surface area contributed by atoms with Crippen molar-refractivity contribution in [2.24, 2.45) is 5.73 Å². The van der Waals surface area contributed by atoms with E-state index in [4.69, 9.17) is 33.7 Å². The van der Waals surface area contributed by atoms with E-state index in [1.54, 1.807) is 25.1 Å². The average molecular weight is 379 g/mol. The molecule has 0 radical (unpaired) electrons. The molecule has 2 rings (SSSR count). The number of hydrogen-bond donors (Lipinski definition) is 1. The fourth-order valence-electron chi connectivity index (χ4n) is 1.68. The molecule has 0 amide bonds. The summed E-state index contributed by atoms with van der Waals surface area (Å²) in [6.07, 6.45) is 0. The number of benzene rings is 2. The number of ether oxygens (including phenoxy) is 1. The van der Waals surface area contributed by atoms with Gasteiger partial charge in [0.05, 0.1) is 10.0 Å². The van der Waals surface area contributed by atoms with Crippen molar-refractivity contribution in [3.8, 4) is 11.5 Å². The molecule has 2 N–H and O–H groups in total. The molecule has 0 fully saturated rings. The van der Waals surface area contributed by atoms with Crippen molar-refractivity contribution in [3.63, 3.8) is 0 Å². The molecule has 0 aliphatic carbocycles. The minimum Gasteiger partial charge on any atom is -0.452 e. The zero-order chi connectivity index (χ0) is 14.9. The maximum atomic E-state index is 13.9. The first-order valence-electron chi connectivity index (χ1n) is 5.76. The molecule has 20 heavy (non-hydrogen) atoms. The van der Waals surface area contributed by atoms with E-state index in [1.165, 1.54) is 12.1 Å². The molecule has 0 unspecified atom stereocenters. The maximum absolute atomic E-state index is 13.9. The van der Waals surface area contributed by atoms with Gasteiger partial charge >= 0.3 is 0 Å². The molecule has 2 nitrogen and oxygen atoms in total. The van der Waals surface area contributed by atoms with E-state index in [-0.39, 0.29) is 17.5 Å². The second-order valence-electron chi connectivity index (χ2n) is 4.25. The molecule has 0 saturated heterocycles. The summed E-state index contributed by atoms with van der Waals surface area (Å²) in [5.41, 5.74) is 6.37. The van der Waals surface area contributed by atoms with Crippen LogP contribution in [-0.2, 0) is 0 Å². The number of rotatable bonds is 3. The van der Waals surface area contributed by atoms with Crippen molar-refractivity contribution in [1.29, 1.82) is 0 Å². The van der Waals surface area contributed by atoms with Gasteiger partial charge in [0.1, 0.15) is 5.75 Å². The van der Waals surface area contributed by atoms with Gasteiger partial charge in [0, 0.05) is 22.1 Å². The van der Waals surface area contributed by atoms with Crippen molar-refractivity contribution in [3.05, 3.63) is 56.2 Å². The molecule has 0 aliphatic heterocycles. The summed E-state index contributed by atoms with van der Waals surface area (Å²) in [4.78, 5) is 0. The van der Waals surface area contributed by atoms with Crippen molar-refractivity contribution in [2.75, 3.05) is 0 Å². The van der Waals surface area contributed by atoms with Gasteiger partial charge in [-0.2, -0.15) is 0 Å². The smallest absolute Gasteiger partial charge is 0.167 e. The summed E-state index contributed by atoms with van der Waals surface area (Å²) in [6.45, 7) is 1.75. The third-order valence-electron chi connectivity index (χ3n) is 2.67. The van der Waals surface area contributed by atoms with Crippen LogP contribution in [0.5, 0.6) is 11.5 Å². The van der Waals surface area contributed by atoms with Gasteiger partial charge in [-0.15, -0.1) is 0 Å². The maximum Gasteiger partial charge on any atom is 0.167 e. The molecule has 106 valence electrons. The highest BCUT2D eigenvalue weighted by molar-refractivity contribution is 9.10. The highest BCUT2D eigenvalue weighted by Gasteiger charge is 2.16. The van der Waals surface area contributed by atoms with Crippen LogP contribution < -0.4 is 10.5 Å². The Kier molecular flexibility index (Phi) is 4.91. The SMILES string of the molecule is C[C@@H](N)c1cccc(F)c1Oc1cc(Cl)c(Br)cc1Cl. The molecular weight excluding hydrogens is 368 g/mol. The Bertz CT molecular complexity index is 649. The monoisotopic (exact) mass is 377 g/mol. The first kappa shape index (κ1) is 15.6. The highest BCUT2D eigenvalue weighted by atomic mass is 79.9. The molecule has 0 saturated carbocycles. The molecule has 0 spiro atoms. The molecule has 0 aromatic heterocycles. The zero-order valence-electron chi connectivity index (χ0n) is 10.5. The van der Waals surface area contributed by atoms with Gasteiger partial charge in [0.25, 0.3) is 0 Å². The van der Waals surface area contributed by atoms with Crippen molar-refractivity contribution in [2.45, 2.75) is 13.0 Å². The minimum atomic E-state index is -0.505. The van der Waals surface area contributed by atoms with Gasteiger partial charge in [-0.3, -0.25) is 0 Å². The van der Waals surface area contributed by atoms with E-state index < -0.39 is 5.82 Å². The Morgan fingerprint density at radius 3 is 2.60 bits per heavy atom. The van der Waals surface area contributed by atoms with Crippen molar-refractivity contribution in [1.82, 2.24) is 0 Å². The minimum absolute atomic E-state index is 0.0581. The zero-order valence-corrected chi connectivity index (χ0v) is 13.6. The standard InChI is InChI=1S/C14H11BrCl2FNO/c1-7(19)8-3-2-4-12(18)14(8)20-13-6-10(16)9(15)5-11(13)17/h2-7H,19H2,1H3/t7-/m1/s1. The lowest BCUT2D eigenvalue weighted by Gasteiger charge is -2.15. The van der Waals surface area contributed by atoms with E-state index in [0.29, 0.717) is 20.1 Å². The van der Waals surface area contributed by atoms with Crippen LogP contribution in [0, 0.1) is 5.82 Å². The molecule has 2 aromatic carbocycles. The summed E-state index contributed by atoms with van der Waals surface area (Å²) >= 11 is 15.3. The largest absolute Gasteiger partial charge is 0.452 e. The van der Waals surface area contributed by atoms with Gasteiger partial charge in [0.2, 0.25) is 0 Å². The molecule has 2 aromatic rings. The topological polar surface area (TPSA) is 35.2 Å². The Morgan fingerprint density at radius 1 is 1.25 bits per heavy atom. The summed E-state index contributed by atoms with van der Waals surface area (Å²) < 4.78 is 20.2. The van der Waals surface area contributed by atoms with Crippen LogP contribution in [0.1, 0.15) is 18.5 Å². The molecule has 0 aliphatic rings. The Hall–Kier alpha value is -0.810. The fraction of sp³-hybridized carbons (Fsp3) is 0.143. The quantitative estimate of drug-likeness (QED) is 0.694. The summed E-state index contributed by atoms with van der Waals surface area (Å²) in [5, 5.41) is 0.739. The first-order chi connectivity index (χ1) is 9.40. The number of nitrogens with two attached hydrogens (primary N) is 1. The predicted molar refractivity (Wildman–Crippen MR) is 83.2 cm³/mol. The number of hydrogen-bond acceptors (Lipinski definition) is 2. The van der Waals surface area contributed by atoms with E-state index in [1.807, 2.05) is 0 Å². The predicted octanol–water partition coefficient (Wildman–Crippen LogP) is 5.71. The van der Waals surface area contributed by atoms with Gasteiger partial charge in [0.15, 0.2) is 11.6 Å². The van der Waals surface area contributed by atoms with Gasteiger partial charge in [-0.25, -0.2) is 4.39 Å². The first-order valence-corrected chi connectivity index (χ1v) is 7.31. The summed E-state index contributed by atoms with van der Waals surface area (Å²) in [7, 11) is 0. The lowest BCUT2D eigenvalue weighted by atomic mass is 10.1. The van der Waals surface area contributed by atoms with Crippen molar-refractivity contribution < 1.29 is 9.13 Å². The van der Waals surface area contributed by atoms with Gasteiger partial charge in [-0.1, -0.05) is 35.3 Å². The lowest BCUT2D eigenvalue weighted by molar-refractivity contribution is 0.433. The summed E-state index contributed by atoms with van der Waals surface area (Å²) in [6, 6.07) is 7.33. The summed E-state index contributed by atoms with van der Waals surface area (Å²) in [5.74, 6) is -0.176. The van der Waals surface area contributed by atoms with Crippen LogP contribution in [0.2, 0.25) is 10.0 Å². The highest BCUT2D eigenvalue weighted by Crippen LogP contribution is 2.39. The third kappa shape index (κ3) is 3.26. The average Bonchev–Trinajstić information content (AvgIpc) is 2.37. The second-order valence-corrected chi connectivity index (χ2v) is 5.91. The molecular formula is C14H11BrCl2FNO. The van der Waals surface area contributed by atoms with E-state index in [9.17, 15) is 4.39 Å². The fourth-order valence-corrected chi connectivity index (χ4v) is 2.52. The van der Waals surface area contributed by atoms with E-state index >= 15 is 0 Å². The van der Waals surface area contributed by atoms with Crippen LogP contribution in [0.3, 0.4) is 0 Å². The molecule has 1 atom stereocenters. The van der Waals surface area contributed by atoms with Crippen LogP contribution in [0.4, 0.5) is 4.39 Å². The Balaban J connectivity index is 2.47. The number of halogens is 4. The molecule has 0 heterocycles. The second kappa shape index (κ2) is 6.31. The van der Waals surface area contributed by atoms with Crippen molar-refractivity contribution >= 4 is 39.1 Å². The van der Waals surface area contributed by atoms with Gasteiger partial charge < -0.3 is 10.5 Å². The van der Waals surface area contributed by atoms with Crippen LogP contribution in [0.15, 0.2) is 34.8 Å². The lowest BCUT2D eigenvalue weighted by Crippen LogP contribution is -2.07. The van der Waals surface area contributed by atoms with Crippen LogP contribution in [-0.4, -0.2) is 0 Å². The normalized spacial score (nSPS) is 12.3. The third-order valence-corrected chi connectivity index (χ3v) is 4.17. The Labute approximate surface area is 134 Å². The Morgan fingerprint density at radius 2 is 1.95 bits per heavy atom. The van der Waals surface area contributed by atoms with Crippen LogP contribution >= 0.6 is 39.1 Å². The van der Waals surface area contributed by atoms with E-state index in [2.05, 4.69) is 15.9 Å². The van der Waals surface area contributed by atoms with Gasteiger partial charge in [-0.05, 0) is 35.0 Å². The number of para-hydroxylation sites is 1. The van der Waals surface area contributed by atoms with Crippen LogP contribution in [0.25, 0.3) is 0 Å². The molecule has 6 heteroatoms.